The van der Waals surface area contributed by atoms with Crippen LogP contribution in [0.15, 0.2) is 36.5 Å². The molecule has 0 saturated carbocycles. The molecule has 0 bridgehead atoms. The molecule has 2 amide bonds. The molecule has 2 heterocycles. The summed E-state index contributed by atoms with van der Waals surface area (Å²) >= 11 is 2.61. The van der Waals surface area contributed by atoms with Gasteiger partial charge in [0.25, 0.3) is 11.8 Å². The molecule has 0 aliphatic heterocycles. The number of aromatic nitrogens is 2. The van der Waals surface area contributed by atoms with E-state index in [0.29, 0.717) is 15.4 Å². The number of hydrogen-bond acceptors (Lipinski definition) is 6. The highest BCUT2D eigenvalue weighted by Gasteiger charge is 2.21. The van der Waals surface area contributed by atoms with Crippen molar-refractivity contribution in [1.29, 1.82) is 0 Å². The minimum absolute atomic E-state index is 0.125. The first-order valence-electron chi connectivity index (χ1n) is 8.35. The summed E-state index contributed by atoms with van der Waals surface area (Å²) in [6.07, 6.45) is 1.53. The maximum absolute atomic E-state index is 12.4. The Labute approximate surface area is 165 Å². The third-order valence-electron chi connectivity index (χ3n) is 3.68. The molecule has 0 spiro atoms. The standard InChI is InChI=1S/C19H20N4O2S2/c1-11-14(27-17(21-11)12-8-6-5-7-9-12)16(25)23-22-15(24)13-10-20-18(26-13)19(2,3)4/h5-10H,1-4H3,(H,22,24)(H,23,25). The van der Waals surface area contributed by atoms with Crippen LogP contribution in [0, 0.1) is 6.92 Å². The molecule has 0 aliphatic rings. The lowest BCUT2D eigenvalue weighted by Crippen LogP contribution is -2.41. The minimum atomic E-state index is -0.388. The number of nitrogens with one attached hydrogen (secondary N) is 2. The van der Waals surface area contributed by atoms with Crippen LogP contribution >= 0.6 is 22.7 Å². The number of carbonyl (C=O) groups is 2. The van der Waals surface area contributed by atoms with Gasteiger partial charge < -0.3 is 0 Å². The van der Waals surface area contributed by atoms with E-state index >= 15 is 0 Å². The molecule has 3 aromatic rings. The Kier molecular flexibility index (Phi) is 5.38. The number of amides is 2. The lowest BCUT2D eigenvalue weighted by atomic mass is 9.98. The van der Waals surface area contributed by atoms with Gasteiger partial charge in [0.1, 0.15) is 14.8 Å². The van der Waals surface area contributed by atoms with Crippen molar-refractivity contribution >= 4 is 34.5 Å². The average Bonchev–Trinajstić information content (AvgIpc) is 3.27. The Hall–Kier alpha value is -2.58. The zero-order chi connectivity index (χ0) is 19.6. The van der Waals surface area contributed by atoms with Crippen molar-refractivity contribution in [2.24, 2.45) is 0 Å². The zero-order valence-corrected chi connectivity index (χ0v) is 17.1. The molecule has 3 rings (SSSR count). The number of benzene rings is 1. The molecule has 1 aromatic carbocycles. The number of rotatable bonds is 3. The van der Waals surface area contributed by atoms with Gasteiger partial charge in [0, 0.05) is 11.0 Å². The van der Waals surface area contributed by atoms with Crippen molar-refractivity contribution in [3.8, 4) is 10.6 Å². The van der Waals surface area contributed by atoms with Crippen LogP contribution in [0.25, 0.3) is 10.6 Å². The van der Waals surface area contributed by atoms with Gasteiger partial charge in [-0.05, 0) is 6.92 Å². The number of aryl methyl sites for hydroxylation is 1. The van der Waals surface area contributed by atoms with Crippen LogP contribution in [0.2, 0.25) is 0 Å². The van der Waals surface area contributed by atoms with Gasteiger partial charge >= 0.3 is 0 Å². The van der Waals surface area contributed by atoms with Crippen LogP contribution in [-0.4, -0.2) is 21.8 Å². The molecule has 0 unspecified atom stereocenters. The fourth-order valence-electron chi connectivity index (χ4n) is 2.27. The molecular formula is C19H20N4O2S2. The topological polar surface area (TPSA) is 84.0 Å². The third-order valence-corrected chi connectivity index (χ3v) is 6.31. The highest BCUT2D eigenvalue weighted by molar-refractivity contribution is 7.17. The van der Waals surface area contributed by atoms with Gasteiger partial charge in [0.15, 0.2) is 0 Å². The molecule has 0 fully saturated rings. The zero-order valence-electron chi connectivity index (χ0n) is 15.5. The Morgan fingerprint density at radius 3 is 2.30 bits per heavy atom. The second-order valence-electron chi connectivity index (χ2n) is 6.99. The van der Waals surface area contributed by atoms with Crippen molar-refractivity contribution in [1.82, 2.24) is 20.8 Å². The largest absolute Gasteiger partial charge is 0.281 e. The summed E-state index contributed by atoms with van der Waals surface area (Å²) in [5.41, 5.74) is 6.36. The van der Waals surface area contributed by atoms with Gasteiger partial charge in [0.05, 0.1) is 16.9 Å². The van der Waals surface area contributed by atoms with Crippen LogP contribution in [0.1, 0.15) is 50.8 Å². The molecule has 0 saturated heterocycles. The monoisotopic (exact) mass is 400 g/mol. The van der Waals surface area contributed by atoms with E-state index in [4.69, 9.17) is 0 Å². The first-order chi connectivity index (χ1) is 12.8. The van der Waals surface area contributed by atoms with Crippen molar-refractivity contribution in [2.45, 2.75) is 33.1 Å². The number of carbonyl (C=O) groups excluding carboxylic acids is 2. The van der Waals surface area contributed by atoms with E-state index in [1.54, 1.807) is 6.92 Å². The highest BCUT2D eigenvalue weighted by Crippen LogP contribution is 2.28. The van der Waals surface area contributed by atoms with Crippen LogP contribution in [0.3, 0.4) is 0 Å². The lowest BCUT2D eigenvalue weighted by molar-refractivity contribution is 0.0850. The number of hydrogen-bond donors (Lipinski definition) is 2. The minimum Gasteiger partial charge on any atom is -0.266 e. The Morgan fingerprint density at radius 2 is 1.67 bits per heavy atom. The first kappa shape index (κ1) is 19.2. The van der Waals surface area contributed by atoms with Gasteiger partial charge in [-0.1, -0.05) is 51.1 Å². The molecule has 2 N–H and O–H groups in total. The van der Waals surface area contributed by atoms with Gasteiger partial charge in [-0.3, -0.25) is 20.4 Å². The van der Waals surface area contributed by atoms with Crippen LogP contribution in [0.4, 0.5) is 0 Å². The van der Waals surface area contributed by atoms with E-state index in [9.17, 15) is 9.59 Å². The van der Waals surface area contributed by atoms with Crippen molar-refractivity contribution in [3.63, 3.8) is 0 Å². The predicted molar refractivity (Wildman–Crippen MR) is 108 cm³/mol. The number of hydrazine groups is 1. The van der Waals surface area contributed by atoms with Crippen molar-refractivity contribution in [2.75, 3.05) is 0 Å². The lowest BCUT2D eigenvalue weighted by Gasteiger charge is -2.13. The molecule has 0 radical (unpaired) electrons. The maximum Gasteiger partial charge on any atom is 0.281 e. The Balaban J connectivity index is 1.67. The van der Waals surface area contributed by atoms with E-state index < -0.39 is 0 Å². The molecule has 0 atom stereocenters. The summed E-state index contributed by atoms with van der Waals surface area (Å²) < 4.78 is 0. The normalized spacial score (nSPS) is 11.3. The highest BCUT2D eigenvalue weighted by atomic mass is 32.1. The van der Waals surface area contributed by atoms with Crippen molar-refractivity contribution < 1.29 is 9.59 Å². The van der Waals surface area contributed by atoms with Crippen molar-refractivity contribution in [3.05, 3.63) is 57.0 Å². The summed E-state index contributed by atoms with van der Waals surface area (Å²) in [6, 6.07) is 9.66. The van der Waals surface area contributed by atoms with Gasteiger partial charge in [-0.15, -0.1) is 22.7 Å². The van der Waals surface area contributed by atoms with E-state index in [0.717, 1.165) is 15.6 Å². The third kappa shape index (κ3) is 4.40. The first-order valence-corrected chi connectivity index (χ1v) is 9.99. The maximum atomic E-state index is 12.4. The molecule has 0 aliphatic carbocycles. The summed E-state index contributed by atoms with van der Waals surface area (Å²) in [5.74, 6) is -0.775. The molecule has 140 valence electrons. The van der Waals surface area contributed by atoms with E-state index in [1.165, 1.54) is 28.9 Å². The second kappa shape index (κ2) is 7.58. The summed E-state index contributed by atoms with van der Waals surface area (Å²) in [6.45, 7) is 7.88. The SMILES string of the molecule is Cc1nc(-c2ccccc2)sc1C(=O)NNC(=O)c1cnc(C(C)(C)C)s1. The molecule has 27 heavy (non-hydrogen) atoms. The summed E-state index contributed by atoms with van der Waals surface area (Å²) in [5, 5.41) is 1.63. The van der Waals surface area contributed by atoms with Crippen LogP contribution in [-0.2, 0) is 5.41 Å². The number of thiazole rings is 2. The molecular weight excluding hydrogens is 380 g/mol. The Bertz CT molecular complexity index is 971. The quantitative estimate of drug-likeness (QED) is 0.652. The second-order valence-corrected chi connectivity index (χ2v) is 9.02. The molecule has 2 aromatic heterocycles. The molecule has 8 heteroatoms. The Morgan fingerprint density at radius 1 is 1.00 bits per heavy atom. The van der Waals surface area contributed by atoms with E-state index in [-0.39, 0.29) is 17.2 Å². The van der Waals surface area contributed by atoms with Gasteiger partial charge in [-0.2, -0.15) is 0 Å². The van der Waals surface area contributed by atoms with Gasteiger partial charge in [0.2, 0.25) is 0 Å². The van der Waals surface area contributed by atoms with E-state index in [2.05, 4.69) is 20.8 Å². The predicted octanol–water partition coefficient (Wildman–Crippen LogP) is 3.95. The summed E-state index contributed by atoms with van der Waals surface area (Å²) in [4.78, 5) is 34.4. The smallest absolute Gasteiger partial charge is 0.266 e. The number of nitrogens with zero attached hydrogens (tertiary/aromatic N) is 2. The van der Waals surface area contributed by atoms with Gasteiger partial charge in [-0.25, -0.2) is 9.97 Å². The van der Waals surface area contributed by atoms with Crippen LogP contribution < -0.4 is 10.9 Å². The fraction of sp³-hybridized carbons (Fsp3) is 0.263. The van der Waals surface area contributed by atoms with E-state index in [1.807, 2.05) is 51.1 Å². The fourth-order valence-corrected chi connectivity index (χ4v) is 4.10. The van der Waals surface area contributed by atoms with Crippen LogP contribution in [0.5, 0.6) is 0 Å². The summed E-state index contributed by atoms with van der Waals surface area (Å²) in [7, 11) is 0. The average molecular weight is 401 g/mol. The molecule has 6 nitrogen and oxygen atoms in total.